The predicted molar refractivity (Wildman–Crippen MR) is 119 cm³/mol. The Bertz CT molecular complexity index is 842. The standard InChI is InChI=1S/2C11H8Cl.2ClH.Zr/c2*12-11-7-5-10(6-8-11)9-3-1-2-4-9;;;/h2*1,3,5-8H,2H2;2*1H;. The van der Waals surface area contributed by atoms with Crippen LogP contribution in [0.15, 0.2) is 79.4 Å². The molecule has 4 rings (SSSR count). The van der Waals surface area contributed by atoms with E-state index in [4.69, 9.17) is 23.2 Å². The van der Waals surface area contributed by atoms with Crippen LogP contribution in [-0.2, 0) is 23.2 Å². The van der Waals surface area contributed by atoms with Crippen molar-refractivity contribution in [1.82, 2.24) is 0 Å². The molecule has 0 saturated carbocycles. The monoisotopic (exact) mass is 512 g/mol. The fraction of sp³-hybridized carbons (Fsp3) is 0.0909. The Morgan fingerprint density at radius 1 is 0.593 bits per heavy atom. The van der Waals surface area contributed by atoms with Crippen LogP contribution in [0.3, 0.4) is 0 Å². The van der Waals surface area contributed by atoms with Gasteiger partial charge in [-0.05, 0) is 0 Å². The Morgan fingerprint density at radius 3 is 1.33 bits per heavy atom. The van der Waals surface area contributed by atoms with Gasteiger partial charge in [0, 0.05) is 0 Å². The molecule has 0 bridgehead atoms. The van der Waals surface area contributed by atoms with Gasteiger partial charge in [-0.25, -0.2) is 0 Å². The summed E-state index contributed by atoms with van der Waals surface area (Å²) in [6, 6.07) is 16.5. The van der Waals surface area contributed by atoms with E-state index in [0.717, 1.165) is 22.9 Å². The zero-order chi connectivity index (χ0) is 17.2. The van der Waals surface area contributed by atoms with Crippen LogP contribution in [0.2, 0.25) is 10.0 Å². The van der Waals surface area contributed by atoms with Crippen LogP contribution in [-0.4, -0.2) is 0 Å². The molecule has 2 aromatic rings. The molecule has 0 N–H and O–H groups in total. The average Bonchev–Trinajstić information content (AvgIpc) is 3.26. The van der Waals surface area contributed by atoms with Crippen molar-refractivity contribution in [3.05, 3.63) is 101 Å². The van der Waals surface area contributed by atoms with Gasteiger partial charge in [0.15, 0.2) is 0 Å². The van der Waals surface area contributed by atoms with Crippen LogP contribution < -0.4 is 0 Å². The van der Waals surface area contributed by atoms with E-state index >= 15 is 0 Å². The first-order chi connectivity index (χ1) is 12.2. The van der Waals surface area contributed by atoms with Crippen LogP contribution >= 0.6 is 48.0 Å². The van der Waals surface area contributed by atoms with Gasteiger partial charge < -0.3 is 0 Å². The summed E-state index contributed by atoms with van der Waals surface area (Å²) >= 11 is 11.3. The van der Waals surface area contributed by atoms with Crippen molar-refractivity contribution in [2.75, 3.05) is 0 Å². The third-order valence-corrected chi connectivity index (χ3v) is 8.79. The van der Waals surface area contributed by atoms with Crippen molar-refractivity contribution in [1.29, 1.82) is 0 Å². The van der Waals surface area contributed by atoms with Crippen molar-refractivity contribution in [3.8, 4) is 0 Å². The summed E-state index contributed by atoms with van der Waals surface area (Å²) in [5.41, 5.74) is 5.40. The second-order valence-corrected chi connectivity index (χ2v) is 10.6. The van der Waals surface area contributed by atoms with Crippen LogP contribution in [0.4, 0.5) is 0 Å². The molecule has 0 unspecified atom stereocenters. The first-order valence-corrected chi connectivity index (χ1v) is 11.5. The molecule has 0 fully saturated rings. The second-order valence-electron chi connectivity index (χ2n) is 6.14. The number of rotatable bonds is 4. The van der Waals surface area contributed by atoms with Gasteiger partial charge in [0.05, 0.1) is 0 Å². The third kappa shape index (κ3) is 5.28. The van der Waals surface area contributed by atoms with Gasteiger partial charge in [-0.2, -0.15) is 0 Å². The summed E-state index contributed by atoms with van der Waals surface area (Å²) in [6.07, 6.45) is 11.4. The van der Waals surface area contributed by atoms with Gasteiger partial charge >= 0.3 is 171 Å². The van der Waals surface area contributed by atoms with Crippen LogP contribution in [0, 0.1) is 0 Å². The summed E-state index contributed by atoms with van der Waals surface area (Å²) < 4.78 is 3.30. The summed E-state index contributed by atoms with van der Waals surface area (Å²) in [5, 5.41) is 1.58. The van der Waals surface area contributed by atoms with Gasteiger partial charge in [0.25, 0.3) is 0 Å². The van der Waals surface area contributed by atoms with Gasteiger partial charge in [-0.3, -0.25) is 0 Å². The van der Waals surface area contributed by atoms with Crippen molar-refractivity contribution >= 4 is 59.2 Å². The second kappa shape index (κ2) is 10.3. The molecule has 2 aliphatic carbocycles. The fourth-order valence-electron chi connectivity index (χ4n) is 3.23. The van der Waals surface area contributed by atoms with E-state index in [9.17, 15) is 0 Å². The quantitative estimate of drug-likeness (QED) is 0.388. The van der Waals surface area contributed by atoms with Crippen molar-refractivity contribution in [2.45, 2.75) is 12.8 Å². The van der Waals surface area contributed by atoms with Crippen LogP contribution in [0.25, 0.3) is 11.1 Å². The van der Waals surface area contributed by atoms with Crippen molar-refractivity contribution in [3.63, 3.8) is 0 Å². The Hall–Kier alpha value is -0.557. The molecule has 2 aromatic carbocycles. The van der Waals surface area contributed by atoms with E-state index in [1.54, 1.807) is 6.56 Å². The molecular formula is C22H18Cl4Zr. The van der Waals surface area contributed by atoms with Gasteiger partial charge in [-0.1, -0.05) is 0 Å². The van der Waals surface area contributed by atoms with E-state index in [1.807, 2.05) is 24.3 Å². The van der Waals surface area contributed by atoms with Gasteiger partial charge in [0.1, 0.15) is 0 Å². The van der Waals surface area contributed by atoms with E-state index in [-0.39, 0.29) is 24.8 Å². The molecule has 0 aliphatic heterocycles. The van der Waals surface area contributed by atoms with Gasteiger partial charge in [-0.15, -0.1) is 24.8 Å². The molecule has 0 amide bonds. The van der Waals surface area contributed by atoms with Crippen molar-refractivity contribution < 1.29 is 23.2 Å². The van der Waals surface area contributed by atoms with E-state index < -0.39 is 23.2 Å². The Labute approximate surface area is 194 Å². The fourth-order valence-corrected chi connectivity index (χ4v) is 7.24. The number of hydrogen-bond acceptors (Lipinski definition) is 0. The van der Waals surface area contributed by atoms with Crippen LogP contribution in [0.1, 0.15) is 24.0 Å². The average molecular weight is 515 g/mol. The molecule has 138 valence electrons. The minimum atomic E-state index is -0.801. The number of halogens is 4. The van der Waals surface area contributed by atoms with Gasteiger partial charge in [0.2, 0.25) is 0 Å². The maximum absolute atomic E-state index is 6.04. The maximum atomic E-state index is 6.04. The number of allylic oxidation sites excluding steroid dienone is 8. The number of benzene rings is 2. The molecule has 0 radical (unpaired) electrons. The first-order valence-electron chi connectivity index (χ1n) is 8.29. The molecule has 0 heterocycles. The summed E-state index contributed by atoms with van der Waals surface area (Å²) in [6.45, 7) is 0. The van der Waals surface area contributed by atoms with Crippen molar-refractivity contribution in [2.24, 2.45) is 0 Å². The zero-order valence-corrected chi connectivity index (χ0v) is 20.0. The topological polar surface area (TPSA) is 0 Å². The molecule has 2 aliphatic rings. The Morgan fingerprint density at radius 2 is 0.963 bits per heavy atom. The summed E-state index contributed by atoms with van der Waals surface area (Å²) in [5.74, 6) is 0. The normalized spacial score (nSPS) is 15.0. The SMILES string of the molecule is Cl.Cl.Clc1ccc(C2=[C]([Zr][C]3=C(c4ccc(Cl)cc4)C=CC3)CC=C2)cc1. The molecule has 0 atom stereocenters. The molecule has 0 saturated heterocycles. The molecule has 0 aromatic heterocycles. The van der Waals surface area contributed by atoms with E-state index in [1.165, 1.54) is 22.3 Å². The summed E-state index contributed by atoms with van der Waals surface area (Å²) in [7, 11) is 0. The van der Waals surface area contributed by atoms with E-state index in [0.29, 0.717) is 0 Å². The molecule has 0 spiro atoms. The summed E-state index contributed by atoms with van der Waals surface area (Å²) in [4.78, 5) is 0. The number of hydrogen-bond donors (Lipinski definition) is 0. The molecular weight excluding hydrogens is 497 g/mol. The molecule has 0 nitrogen and oxygen atoms in total. The predicted octanol–water partition coefficient (Wildman–Crippen LogP) is 7.96. The van der Waals surface area contributed by atoms with E-state index in [2.05, 4.69) is 48.6 Å². The first kappa shape index (κ1) is 22.7. The molecule has 27 heavy (non-hydrogen) atoms. The Kier molecular flexibility index (Phi) is 8.66. The molecule has 5 heteroatoms. The zero-order valence-electron chi connectivity index (χ0n) is 14.4. The third-order valence-electron chi connectivity index (χ3n) is 4.48. The minimum absolute atomic E-state index is 0. The van der Waals surface area contributed by atoms with Crippen LogP contribution in [0.5, 0.6) is 0 Å². The Balaban J connectivity index is 0.00000131.